The van der Waals surface area contributed by atoms with Crippen LogP contribution >= 0.6 is 23.8 Å². The Bertz CT molecular complexity index is 457. The summed E-state index contributed by atoms with van der Waals surface area (Å²) in [6, 6.07) is 5.66. The van der Waals surface area contributed by atoms with Crippen LogP contribution in [0.2, 0.25) is 5.02 Å². The molecule has 1 aromatic carbocycles. The lowest BCUT2D eigenvalue weighted by atomic mass is 10.1. The van der Waals surface area contributed by atoms with Gasteiger partial charge in [0.1, 0.15) is 4.99 Å². The molecule has 0 spiro atoms. The van der Waals surface area contributed by atoms with Gasteiger partial charge in [-0.15, -0.1) is 0 Å². The van der Waals surface area contributed by atoms with Crippen LogP contribution in [0, 0.1) is 0 Å². The zero-order valence-corrected chi connectivity index (χ0v) is 13.6. The Labute approximate surface area is 130 Å². The third-order valence-electron chi connectivity index (χ3n) is 3.01. The third kappa shape index (κ3) is 4.59. The van der Waals surface area contributed by atoms with Crippen LogP contribution in [0.25, 0.3) is 0 Å². The molecule has 1 aromatic rings. The van der Waals surface area contributed by atoms with E-state index in [0.29, 0.717) is 29.8 Å². The van der Waals surface area contributed by atoms with Crippen LogP contribution in [0.15, 0.2) is 18.2 Å². The quantitative estimate of drug-likeness (QED) is 0.747. The first kappa shape index (κ1) is 17.2. The van der Waals surface area contributed by atoms with Crippen LogP contribution in [-0.4, -0.2) is 45.0 Å². The van der Waals surface area contributed by atoms with Gasteiger partial charge in [0.05, 0.1) is 13.2 Å². The molecular weight excluding hydrogens is 296 g/mol. The van der Waals surface area contributed by atoms with E-state index in [4.69, 9.17) is 39.0 Å². The van der Waals surface area contributed by atoms with Gasteiger partial charge in [0, 0.05) is 43.1 Å². The van der Waals surface area contributed by atoms with Crippen LogP contribution < -0.4 is 10.6 Å². The molecule has 0 saturated heterocycles. The topological polar surface area (TPSA) is 47.7 Å². The normalized spacial score (nSPS) is 12.2. The number of benzene rings is 1. The molecule has 0 aliphatic heterocycles. The van der Waals surface area contributed by atoms with Gasteiger partial charge in [-0.2, -0.15) is 0 Å². The molecule has 1 rings (SSSR count). The summed E-state index contributed by atoms with van der Waals surface area (Å²) >= 11 is 11.2. The summed E-state index contributed by atoms with van der Waals surface area (Å²) in [6.07, 6.45) is 0. The van der Waals surface area contributed by atoms with Crippen molar-refractivity contribution in [1.29, 1.82) is 0 Å². The summed E-state index contributed by atoms with van der Waals surface area (Å²) in [5.41, 5.74) is 7.52. The molecule has 0 aliphatic rings. The average Bonchev–Trinajstić information content (AvgIpc) is 2.39. The Morgan fingerprint density at radius 1 is 1.40 bits per heavy atom. The molecule has 112 valence electrons. The third-order valence-corrected chi connectivity index (χ3v) is 3.47. The average molecular weight is 317 g/mol. The number of hydrogen-bond donors (Lipinski definition) is 1. The second-order valence-corrected chi connectivity index (χ2v) is 5.39. The molecular formula is C14H21ClN2O2S. The fourth-order valence-electron chi connectivity index (χ4n) is 2.05. The molecule has 1 atom stereocenters. The summed E-state index contributed by atoms with van der Waals surface area (Å²) in [4.78, 5) is 2.50. The van der Waals surface area contributed by atoms with E-state index in [-0.39, 0.29) is 6.04 Å². The first-order valence-corrected chi connectivity index (χ1v) is 7.13. The number of hydrogen-bond acceptors (Lipinski definition) is 4. The maximum Gasteiger partial charge on any atom is 0.106 e. The number of thiocarbonyl (C=S) groups is 1. The highest BCUT2D eigenvalue weighted by atomic mass is 35.5. The lowest BCUT2D eigenvalue weighted by molar-refractivity contribution is 0.171. The molecule has 4 nitrogen and oxygen atoms in total. The first-order chi connectivity index (χ1) is 9.51. The van der Waals surface area contributed by atoms with E-state index in [0.717, 1.165) is 11.3 Å². The molecule has 0 aromatic heterocycles. The van der Waals surface area contributed by atoms with Crippen molar-refractivity contribution in [3.63, 3.8) is 0 Å². The van der Waals surface area contributed by atoms with E-state index < -0.39 is 0 Å². The minimum Gasteiger partial charge on any atom is -0.389 e. The molecule has 0 saturated carbocycles. The number of anilines is 1. The molecule has 0 aliphatic carbocycles. The summed E-state index contributed by atoms with van der Waals surface area (Å²) in [5.74, 6) is 0. The summed E-state index contributed by atoms with van der Waals surface area (Å²) in [5, 5.41) is 0.645. The predicted molar refractivity (Wildman–Crippen MR) is 87.9 cm³/mol. The molecule has 0 fully saturated rings. The Hall–Kier alpha value is -0.880. The smallest absolute Gasteiger partial charge is 0.106 e. The lowest BCUT2D eigenvalue weighted by Crippen LogP contribution is -2.39. The fraction of sp³-hybridized carbons (Fsp3) is 0.500. The van der Waals surface area contributed by atoms with Crippen molar-refractivity contribution in [2.24, 2.45) is 5.73 Å². The van der Waals surface area contributed by atoms with E-state index in [1.807, 2.05) is 12.1 Å². The highest BCUT2D eigenvalue weighted by Crippen LogP contribution is 2.26. The van der Waals surface area contributed by atoms with Crippen LogP contribution in [0.5, 0.6) is 0 Å². The molecule has 1 unspecified atom stereocenters. The molecule has 20 heavy (non-hydrogen) atoms. The molecule has 0 radical (unpaired) electrons. The molecule has 6 heteroatoms. The summed E-state index contributed by atoms with van der Waals surface area (Å²) in [7, 11) is 3.35. The number of ether oxygens (including phenoxy) is 2. The van der Waals surface area contributed by atoms with Crippen molar-refractivity contribution in [1.82, 2.24) is 0 Å². The SMILES string of the molecule is COCCN(c1cc(Cl)ccc1C(N)=S)C(C)COC. The Kier molecular flexibility index (Phi) is 7.23. The Morgan fingerprint density at radius 2 is 2.10 bits per heavy atom. The van der Waals surface area contributed by atoms with Gasteiger partial charge < -0.3 is 20.1 Å². The van der Waals surface area contributed by atoms with E-state index in [2.05, 4.69) is 11.8 Å². The van der Waals surface area contributed by atoms with Crippen molar-refractivity contribution in [2.75, 3.05) is 38.9 Å². The van der Waals surface area contributed by atoms with Gasteiger partial charge in [0.25, 0.3) is 0 Å². The minimum absolute atomic E-state index is 0.154. The van der Waals surface area contributed by atoms with Crippen LogP contribution in [-0.2, 0) is 9.47 Å². The number of halogens is 1. The molecule has 2 N–H and O–H groups in total. The lowest BCUT2D eigenvalue weighted by Gasteiger charge is -2.32. The van der Waals surface area contributed by atoms with Gasteiger partial charge in [-0.25, -0.2) is 0 Å². The highest BCUT2D eigenvalue weighted by molar-refractivity contribution is 7.80. The van der Waals surface area contributed by atoms with Crippen LogP contribution in [0.1, 0.15) is 12.5 Å². The second kappa shape index (κ2) is 8.42. The summed E-state index contributed by atoms with van der Waals surface area (Å²) in [6.45, 7) is 3.96. The second-order valence-electron chi connectivity index (χ2n) is 4.52. The van der Waals surface area contributed by atoms with Crippen molar-refractivity contribution < 1.29 is 9.47 Å². The largest absolute Gasteiger partial charge is 0.389 e. The van der Waals surface area contributed by atoms with Gasteiger partial charge in [-0.05, 0) is 25.1 Å². The van der Waals surface area contributed by atoms with E-state index in [9.17, 15) is 0 Å². The van der Waals surface area contributed by atoms with Crippen molar-refractivity contribution in [3.8, 4) is 0 Å². The molecule has 0 bridgehead atoms. The maximum atomic E-state index is 6.11. The van der Waals surface area contributed by atoms with Crippen molar-refractivity contribution in [3.05, 3.63) is 28.8 Å². The van der Waals surface area contributed by atoms with Gasteiger partial charge in [0.15, 0.2) is 0 Å². The maximum absolute atomic E-state index is 6.11. The number of nitrogens with two attached hydrogens (primary N) is 1. The van der Waals surface area contributed by atoms with Gasteiger partial charge in [-0.3, -0.25) is 0 Å². The minimum atomic E-state index is 0.154. The molecule has 0 heterocycles. The van der Waals surface area contributed by atoms with Crippen LogP contribution in [0.3, 0.4) is 0 Å². The number of nitrogens with zero attached hydrogens (tertiary/aromatic N) is 1. The van der Waals surface area contributed by atoms with Crippen molar-refractivity contribution >= 4 is 34.5 Å². The van der Waals surface area contributed by atoms with Gasteiger partial charge in [0.2, 0.25) is 0 Å². The predicted octanol–water partition coefficient (Wildman–Crippen LogP) is 2.46. The van der Waals surface area contributed by atoms with Crippen LogP contribution in [0.4, 0.5) is 5.69 Å². The van der Waals surface area contributed by atoms with Crippen molar-refractivity contribution in [2.45, 2.75) is 13.0 Å². The Morgan fingerprint density at radius 3 is 2.65 bits per heavy atom. The summed E-state index contributed by atoms with van der Waals surface area (Å²) < 4.78 is 10.4. The highest BCUT2D eigenvalue weighted by Gasteiger charge is 2.19. The Balaban J connectivity index is 3.16. The molecule has 0 amide bonds. The van der Waals surface area contributed by atoms with Gasteiger partial charge in [-0.1, -0.05) is 23.8 Å². The van der Waals surface area contributed by atoms with E-state index >= 15 is 0 Å². The fourth-order valence-corrected chi connectivity index (χ4v) is 2.39. The zero-order chi connectivity index (χ0) is 15.1. The number of rotatable bonds is 8. The van der Waals surface area contributed by atoms with Gasteiger partial charge >= 0.3 is 0 Å². The standard InChI is InChI=1S/C14H21ClN2O2S/c1-10(9-19-3)17(6-7-18-2)13-8-11(15)4-5-12(13)14(16)20/h4-5,8,10H,6-7,9H2,1-3H3,(H2,16,20). The van der Waals surface area contributed by atoms with E-state index in [1.54, 1.807) is 20.3 Å². The zero-order valence-electron chi connectivity index (χ0n) is 12.1. The van der Waals surface area contributed by atoms with E-state index in [1.165, 1.54) is 0 Å². The first-order valence-electron chi connectivity index (χ1n) is 6.35. The number of methoxy groups -OCH3 is 2. The monoisotopic (exact) mass is 316 g/mol.